The Morgan fingerprint density at radius 3 is 2.16 bits per heavy atom. The van der Waals surface area contributed by atoms with E-state index in [0.717, 1.165) is 27.9 Å². The summed E-state index contributed by atoms with van der Waals surface area (Å²) in [5, 5.41) is 0. The maximum Gasteiger partial charge on any atom is 0.261 e. The summed E-state index contributed by atoms with van der Waals surface area (Å²) in [5.74, 6) is 0. The molecule has 0 saturated carbocycles. The molecule has 1 aromatic heterocycles. The Bertz CT molecular complexity index is 997. The van der Waals surface area contributed by atoms with Gasteiger partial charge in [-0.3, -0.25) is 4.72 Å². The molecular weight excluding hydrogens is 332 g/mol. The summed E-state index contributed by atoms with van der Waals surface area (Å²) in [5.41, 5.74) is 5.72. The van der Waals surface area contributed by atoms with Crippen molar-refractivity contribution in [3.63, 3.8) is 0 Å². The van der Waals surface area contributed by atoms with E-state index in [1.165, 1.54) is 0 Å². The van der Waals surface area contributed by atoms with Crippen LogP contribution in [-0.4, -0.2) is 13.0 Å². The van der Waals surface area contributed by atoms with Gasteiger partial charge in [-0.2, -0.15) is 0 Å². The first-order valence-corrected chi connectivity index (χ1v) is 9.59. The van der Waals surface area contributed by atoms with Crippen LogP contribution in [0.1, 0.15) is 16.7 Å². The van der Waals surface area contributed by atoms with Crippen LogP contribution in [0.4, 0.5) is 5.69 Å². The molecule has 1 N–H and O–H groups in total. The van der Waals surface area contributed by atoms with Crippen molar-refractivity contribution >= 4 is 15.7 Å². The Kier molecular flexibility index (Phi) is 4.43. The average Bonchev–Trinajstić information content (AvgIpc) is 2.89. The molecule has 0 aliphatic rings. The standard InChI is InChI=1S/C20H22N2O2S/c1-14-5-9-18(10-6-14)25(23,24)21-19-13-17(8-7-15(19)2)20-16(3)11-12-22(20)4/h5-13,21H,1-4H3. The summed E-state index contributed by atoms with van der Waals surface area (Å²) in [7, 11) is -1.63. The van der Waals surface area contributed by atoms with Gasteiger partial charge in [-0.25, -0.2) is 8.42 Å². The van der Waals surface area contributed by atoms with Crippen molar-refractivity contribution in [1.82, 2.24) is 4.57 Å². The predicted octanol–water partition coefficient (Wildman–Crippen LogP) is 4.42. The summed E-state index contributed by atoms with van der Waals surface area (Å²) >= 11 is 0. The zero-order chi connectivity index (χ0) is 18.2. The van der Waals surface area contributed by atoms with Crippen LogP contribution in [-0.2, 0) is 17.1 Å². The van der Waals surface area contributed by atoms with Crippen molar-refractivity contribution in [2.24, 2.45) is 7.05 Å². The smallest absolute Gasteiger partial charge is 0.261 e. The first kappa shape index (κ1) is 17.3. The van der Waals surface area contributed by atoms with Gasteiger partial charge < -0.3 is 4.57 Å². The number of aryl methyl sites for hydroxylation is 4. The van der Waals surface area contributed by atoms with Gasteiger partial charge in [0.1, 0.15) is 0 Å². The molecule has 2 aromatic carbocycles. The molecule has 0 radical (unpaired) electrons. The first-order chi connectivity index (χ1) is 11.8. The van der Waals surface area contributed by atoms with E-state index in [0.29, 0.717) is 5.69 Å². The van der Waals surface area contributed by atoms with Crippen LogP contribution in [0.2, 0.25) is 0 Å². The lowest BCUT2D eigenvalue weighted by Crippen LogP contribution is -2.13. The van der Waals surface area contributed by atoms with Crippen LogP contribution in [0, 0.1) is 20.8 Å². The molecular formula is C20H22N2O2S. The number of sulfonamides is 1. The molecule has 3 aromatic rings. The van der Waals surface area contributed by atoms with Gasteiger partial charge in [0.25, 0.3) is 10.0 Å². The summed E-state index contributed by atoms with van der Waals surface area (Å²) < 4.78 is 30.1. The molecule has 0 amide bonds. The monoisotopic (exact) mass is 354 g/mol. The Balaban J connectivity index is 2.00. The highest BCUT2D eigenvalue weighted by Gasteiger charge is 2.16. The zero-order valence-electron chi connectivity index (χ0n) is 14.9. The van der Waals surface area contributed by atoms with E-state index >= 15 is 0 Å². The lowest BCUT2D eigenvalue weighted by molar-refractivity contribution is 0.601. The Labute approximate surface area is 149 Å². The quantitative estimate of drug-likeness (QED) is 0.754. The van der Waals surface area contributed by atoms with Gasteiger partial charge in [-0.05, 0) is 56.2 Å². The number of aromatic nitrogens is 1. The minimum absolute atomic E-state index is 0.262. The molecule has 4 nitrogen and oxygen atoms in total. The van der Waals surface area contributed by atoms with Crippen LogP contribution in [0.15, 0.2) is 59.6 Å². The largest absolute Gasteiger partial charge is 0.350 e. The highest BCUT2D eigenvalue weighted by Crippen LogP contribution is 2.29. The number of hydrogen-bond donors (Lipinski definition) is 1. The number of anilines is 1. The van der Waals surface area contributed by atoms with Crippen molar-refractivity contribution in [2.45, 2.75) is 25.7 Å². The zero-order valence-corrected chi connectivity index (χ0v) is 15.7. The number of benzene rings is 2. The second kappa shape index (κ2) is 6.41. The van der Waals surface area contributed by atoms with Crippen molar-refractivity contribution in [3.8, 4) is 11.3 Å². The van der Waals surface area contributed by atoms with E-state index < -0.39 is 10.0 Å². The molecule has 0 aliphatic carbocycles. The van der Waals surface area contributed by atoms with Gasteiger partial charge in [0.2, 0.25) is 0 Å². The molecule has 0 unspecified atom stereocenters. The highest BCUT2D eigenvalue weighted by molar-refractivity contribution is 7.92. The van der Waals surface area contributed by atoms with E-state index in [-0.39, 0.29) is 4.90 Å². The molecule has 0 aliphatic heterocycles. The first-order valence-electron chi connectivity index (χ1n) is 8.10. The van der Waals surface area contributed by atoms with Crippen molar-refractivity contribution < 1.29 is 8.42 Å². The van der Waals surface area contributed by atoms with Crippen molar-refractivity contribution in [3.05, 3.63) is 71.4 Å². The number of nitrogens with zero attached hydrogens (tertiary/aromatic N) is 1. The normalized spacial score (nSPS) is 11.5. The molecule has 0 bridgehead atoms. The fraction of sp³-hybridized carbons (Fsp3) is 0.200. The van der Waals surface area contributed by atoms with Gasteiger partial charge in [-0.1, -0.05) is 29.8 Å². The average molecular weight is 354 g/mol. The van der Waals surface area contributed by atoms with Crippen LogP contribution in [0.25, 0.3) is 11.3 Å². The summed E-state index contributed by atoms with van der Waals surface area (Å²) in [6.07, 6.45) is 2.00. The Morgan fingerprint density at radius 1 is 0.880 bits per heavy atom. The summed E-state index contributed by atoms with van der Waals surface area (Å²) in [4.78, 5) is 0.262. The van der Waals surface area contributed by atoms with Crippen molar-refractivity contribution in [2.75, 3.05) is 4.72 Å². The Hall–Kier alpha value is -2.53. The SMILES string of the molecule is Cc1ccc(S(=O)(=O)Nc2cc(-c3c(C)ccn3C)ccc2C)cc1. The molecule has 3 rings (SSSR count). The van der Waals surface area contributed by atoms with Gasteiger partial charge in [0.15, 0.2) is 0 Å². The third kappa shape index (κ3) is 3.46. The lowest BCUT2D eigenvalue weighted by atomic mass is 10.1. The maximum absolute atomic E-state index is 12.7. The van der Waals surface area contributed by atoms with E-state index in [2.05, 4.69) is 4.72 Å². The molecule has 0 atom stereocenters. The molecule has 5 heteroatoms. The fourth-order valence-corrected chi connectivity index (χ4v) is 4.01. The third-order valence-electron chi connectivity index (χ3n) is 4.36. The molecule has 0 saturated heterocycles. The minimum Gasteiger partial charge on any atom is -0.350 e. The number of nitrogens with one attached hydrogen (secondary N) is 1. The van der Waals surface area contributed by atoms with E-state index in [1.54, 1.807) is 24.3 Å². The topological polar surface area (TPSA) is 51.1 Å². The number of rotatable bonds is 4. The second-order valence-electron chi connectivity index (χ2n) is 6.41. The van der Waals surface area contributed by atoms with Crippen LogP contribution in [0.3, 0.4) is 0 Å². The second-order valence-corrected chi connectivity index (χ2v) is 8.09. The molecule has 0 fully saturated rings. The summed E-state index contributed by atoms with van der Waals surface area (Å²) in [6, 6.07) is 14.7. The van der Waals surface area contributed by atoms with Gasteiger partial charge in [0, 0.05) is 18.8 Å². The third-order valence-corrected chi connectivity index (χ3v) is 5.74. The van der Waals surface area contributed by atoms with E-state index in [1.807, 2.05) is 62.8 Å². The molecule has 1 heterocycles. The molecule has 130 valence electrons. The lowest BCUT2D eigenvalue weighted by Gasteiger charge is -2.14. The highest BCUT2D eigenvalue weighted by atomic mass is 32.2. The fourth-order valence-electron chi connectivity index (χ4n) is 2.89. The van der Waals surface area contributed by atoms with E-state index in [4.69, 9.17) is 0 Å². The van der Waals surface area contributed by atoms with Crippen molar-refractivity contribution in [1.29, 1.82) is 0 Å². The molecule has 25 heavy (non-hydrogen) atoms. The van der Waals surface area contributed by atoms with Gasteiger partial charge in [-0.15, -0.1) is 0 Å². The maximum atomic E-state index is 12.7. The minimum atomic E-state index is -3.62. The predicted molar refractivity (Wildman–Crippen MR) is 102 cm³/mol. The van der Waals surface area contributed by atoms with Gasteiger partial charge >= 0.3 is 0 Å². The van der Waals surface area contributed by atoms with Gasteiger partial charge in [0.05, 0.1) is 16.3 Å². The number of hydrogen-bond acceptors (Lipinski definition) is 2. The van der Waals surface area contributed by atoms with Crippen LogP contribution >= 0.6 is 0 Å². The van der Waals surface area contributed by atoms with E-state index in [9.17, 15) is 8.42 Å². The van der Waals surface area contributed by atoms with Crippen LogP contribution in [0.5, 0.6) is 0 Å². The summed E-state index contributed by atoms with van der Waals surface area (Å²) in [6.45, 7) is 5.87. The molecule has 0 spiro atoms. The van der Waals surface area contributed by atoms with Crippen LogP contribution < -0.4 is 4.72 Å². The Morgan fingerprint density at radius 2 is 1.56 bits per heavy atom.